The molecular formula is C26H35N3O7. The maximum absolute atomic E-state index is 13.7. The number of dihydropyridines is 1. The Morgan fingerprint density at radius 2 is 1.75 bits per heavy atom. The summed E-state index contributed by atoms with van der Waals surface area (Å²) in [6, 6.07) is 4.82. The molecule has 1 aliphatic heterocycles. The highest BCUT2D eigenvalue weighted by Crippen LogP contribution is 2.39. The van der Waals surface area contributed by atoms with Crippen molar-refractivity contribution in [3.63, 3.8) is 0 Å². The predicted octanol–water partition coefficient (Wildman–Crippen LogP) is 3.88. The molecule has 0 radical (unpaired) electrons. The molecule has 10 heteroatoms. The Morgan fingerprint density at radius 3 is 2.28 bits per heavy atom. The minimum atomic E-state index is -0.961. The average molecular weight is 502 g/mol. The van der Waals surface area contributed by atoms with E-state index in [0.29, 0.717) is 23.4 Å². The molecule has 1 aromatic carbocycles. The number of nitro groups is 1. The van der Waals surface area contributed by atoms with Gasteiger partial charge < -0.3 is 20.1 Å². The van der Waals surface area contributed by atoms with Gasteiger partial charge in [-0.1, -0.05) is 26.0 Å². The van der Waals surface area contributed by atoms with Crippen LogP contribution < -0.4 is 10.6 Å². The minimum Gasteiger partial charge on any atom is -0.466 e. The largest absolute Gasteiger partial charge is 0.466 e. The lowest BCUT2D eigenvalue weighted by Crippen LogP contribution is -2.47. The van der Waals surface area contributed by atoms with E-state index >= 15 is 0 Å². The number of ether oxygens (including phenoxy) is 2. The molecule has 0 spiro atoms. The van der Waals surface area contributed by atoms with Gasteiger partial charge in [-0.05, 0) is 52.5 Å². The van der Waals surface area contributed by atoms with Crippen LogP contribution in [-0.4, -0.2) is 41.5 Å². The Hall–Kier alpha value is -3.69. The second-order valence-corrected chi connectivity index (χ2v) is 10.2. The van der Waals surface area contributed by atoms with Crippen LogP contribution in [0.25, 0.3) is 0 Å². The van der Waals surface area contributed by atoms with Crippen LogP contribution in [0.2, 0.25) is 0 Å². The lowest BCUT2D eigenvalue weighted by molar-refractivity contribution is -0.384. The highest BCUT2D eigenvalue weighted by molar-refractivity contribution is 6.03. The molecule has 2 rings (SSSR count). The van der Waals surface area contributed by atoms with Crippen molar-refractivity contribution in [1.29, 1.82) is 0 Å². The number of non-ortho nitro benzene ring substituents is 1. The molecule has 0 saturated heterocycles. The number of allylic oxidation sites excluding steroid dienone is 2. The van der Waals surface area contributed by atoms with E-state index in [9.17, 15) is 24.5 Å². The van der Waals surface area contributed by atoms with Crippen molar-refractivity contribution in [3.8, 4) is 0 Å². The minimum absolute atomic E-state index is 0.0720. The second kappa shape index (κ2) is 11.4. The van der Waals surface area contributed by atoms with Crippen LogP contribution in [-0.2, 0) is 23.9 Å². The predicted molar refractivity (Wildman–Crippen MR) is 134 cm³/mol. The summed E-state index contributed by atoms with van der Waals surface area (Å²) < 4.78 is 10.5. The fourth-order valence-electron chi connectivity index (χ4n) is 4.12. The van der Waals surface area contributed by atoms with Crippen LogP contribution in [0.15, 0.2) is 46.8 Å². The van der Waals surface area contributed by atoms with Crippen molar-refractivity contribution >= 4 is 23.5 Å². The first-order valence-electron chi connectivity index (χ1n) is 11.7. The van der Waals surface area contributed by atoms with Crippen molar-refractivity contribution in [2.75, 3.05) is 7.11 Å². The molecule has 0 bridgehead atoms. The molecule has 1 aliphatic rings. The molecule has 1 heterocycles. The monoisotopic (exact) mass is 501 g/mol. The number of carbonyl (C=O) groups excluding carboxylic acids is 3. The van der Waals surface area contributed by atoms with Crippen LogP contribution >= 0.6 is 0 Å². The molecular weight excluding hydrogens is 466 g/mol. The number of nitrogens with zero attached hydrogens (tertiary/aromatic N) is 1. The topological polar surface area (TPSA) is 137 Å². The van der Waals surface area contributed by atoms with Gasteiger partial charge in [0, 0.05) is 29.1 Å². The van der Waals surface area contributed by atoms with Gasteiger partial charge >= 0.3 is 11.9 Å². The zero-order valence-corrected chi connectivity index (χ0v) is 22.1. The highest BCUT2D eigenvalue weighted by Gasteiger charge is 2.39. The van der Waals surface area contributed by atoms with Gasteiger partial charge in [-0.25, -0.2) is 9.59 Å². The van der Waals surface area contributed by atoms with Crippen LogP contribution in [0.3, 0.4) is 0 Å². The van der Waals surface area contributed by atoms with Gasteiger partial charge in [-0.15, -0.1) is 0 Å². The van der Waals surface area contributed by atoms with Crippen LogP contribution in [0.4, 0.5) is 5.69 Å². The van der Waals surface area contributed by atoms with Crippen LogP contribution in [0.1, 0.15) is 66.4 Å². The van der Waals surface area contributed by atoms with E-state index in [1.54, 1.807) is 40.7 Å². The maximum atomic E-state index is 13.7. The Labute approximate surface area is 211 Å². The molecule has 2 atom stereocenters. The van der Waals surface area contributed by atoms with Crippen molar-refractivity contribution in [1.82, 2.24) is 10.6 Å². The van der Waals surface area contributed by atoms with Gasteiger partial charge in [0.15, 0.2) is 0 Å². The zero-order valence-electron chi connectivity index (χ0n) is 22.1. The van der Waals surface area contributed by atoms with E-state index in [1.165, 1.54) is 25.3 Å². The van der Waals surface area contributed by atoms with Gasteiger partial charge in [0.25, 0.3) is 11.6 Å². The Balaban J connectivity index is 2.59. The maximum Gasteiger partial charge on any atom is 0.336 e. The lowest BCUT2D eigenvalue weighted by atomic mass is 9.79. The third-order valence-electron chi connectivity index (χ3n) is 5.53. The van der Waals surface area contributed by atoms with Gasteiger partial charge in [0.05, 0.1) is 23.5 Å². The van der Waals surface area contributed by atoms with Crippen molar-refractivity contribution in [2.45, 2.75) is 72.4 Å². The first-order chi connectivity index (χ1) is 16.7. The average Bonchev–Trinajstić information content (AvgIpc) is 2.76. The Morgan fingerprint density at radius 1 is 1.14 bits per heavy atom. The summed E-state index contributed by atoms with van der Waals surface area (Å²) in [4.78, 5) is 50.3. The summed E-state index contributed by atoms with van der Waals surface area (Å²) in [6.45, 7) is 12.4. The normalized spacial score (nSPS) is 16.9. The third kappa shape index (κ3) is 6.93. The van der Waals surface area contributed by atoms with E-state index in [0.717, 1.165) is 0 Å². The van der Waals surface area contributed by atoms with Gasteiger partial charge in [0.2, 0.25) is 0 Å². The number of amides is 1. The zero-order chi connectivity index (χ0) is 27.4. The Kier molecular flexibility index (Phi) is 9.01. The molecule has 0 aromatic heterocycles. The summed E-state index contributed by atoms with van der Waals surface area (Å²) in [5.41, 5.74) is 0.636. The highest BCUT2D eigenvalue weighted by atomic mass is 16.6. The van der Waals surface area contributed by atoms with Crippen molar-refractivity contribution in [2.24, 2.45) is 5.92 Å². The number of rotatable bonds is 8. The van der Waals surface area contributed by atoms with E-state index < -0.39 is 40.3 Å². The molecule has 2 N–H and O–H groups in total. The molecule has 196 valence electrons. The summed E-state index contributed by atoms with van der Waals surface area (Å²) in [6.07, 6.45) is 0.334. The molecule has 2 unspecified atom stereocenters. The summed E-state index contributed by atoms with van der Waals surface area (Å²) >= 11 is 0. The van der Waals surface area contributed by atoms with Gasteiger partial charge in [0.1, 0.15) is 11.6 Å². The third-order valence-corrected chi connectivity index (χ3v) is 5.53. The molecule has 36 heavy (non-hydrogen) atoms. The second-order valence-electron chi connectivity index (χ2n) is 10.2. The molecule has 0 aliphatic carbocycles. The van der Waals surface area contributed by atoms with Crippen LogP contribution in [0.5, 0.6) is 0 Å². The van der Waals surface area contributed by atoms with E-state index in [4.69, 9.17) is 9.47 Å². The first kappa shape index (κ1) is 28.5. The van der Waals surface area contributed by atoms with Gasteiger partial charge in [-0.3, -0.25) is 14.9 Å². The lowest BCUT2D eigenvalue weighted by Gasteiger charge is -2.32. The molecule has 0 saturated carbocycles. The van der Waals surface area contributed by atoms with E-state index in [1.807, 2.05) is 13.8 Å². The summed E-state index contributed by atoms with van der Waals surface area (Å²) in [7, 11) is 1.22. The fraction of sp³-hybridized carbons (Fsp3) is 0.500. The SMILES string of the molecule is COC(=O)C1=C(C)NC(C)=C(C(=O)NC(CC(C)C)C(=O)OC(C)(C)C)C1c1cccc([N+](=O)[O-])c1. The summed E-state index contributed by atoms with van der Waals surface area (Å²) in [5, 5.41) is 17.3. The number of methoxy groups -OCH3 is 1. The summed E-state index contributed by atoms with van der Waals surface area (Å²) in [5.74, 6) is -2.74. The quantitative estimate of drug-likeness (QED) is 0.311. The van der Waals surface area contributed by atoms with Crippen LogP contribution in [0, 0.1) is 16.0 Å². The van der Waals surface area contributed by atoms with E-state index in [-0.39, 0.29) is 22.8 Å². The van der Waals surface area contributed by atoms with Crippen molar-refractivity contribution < 1.29 is 28.8 Å². The Bertz CT molecular complexity index is 1110. The van der Waals surface area contributed by atoms with E-state index in [2.05, 4.69) is 10.6 Å². The molecule has 1 amide bonds. The molecule has 10 nitrogen and oxygen atoms in total. The van der Waals surface area contributed by atoms with Crippen molar-refractivity contribution in [3.05, 3.63) is 62.5 Å². The number of nitro benzene ring substituents is 1. The number of carbonyl (C=O) groups is 3. The van der Waals surface area contributed by atoms with Gasteiger partial charge in [-0.2, -0.15) is 0 Å². The standard InChI is InChI=1S/C26H35N3O7/c1-14(2)12-19(24(31)36-26(5,6)7)28-23(30)20-15(3)27-16(4)21(25(32)35-8)22(20)17-10-9-11-18(13-17)29(33)34/h9-11,13-14,19,22,27H,12H2,1-8H3,(H,28,30). The first-order valence-corrected chi connectivity index (χ1v) is 11.7. The number of benzene rings is 1. The molecule has 0 fully saturated rings. The number of hydrogen-bond acceptors (Lipinski definition) is 8. The molecule has 1 aromatic rings. The number of hydrogen-bond donors (Lipinski definition) is 2. The number of esters is 2. The number of nitrogens with one attached hydrogen (secondary N) is 2. The smallest absolute Gasteiger partial charge is 0.336 e. The fourth-order valence-corrected chi connectivity index (χ4v) is 4.12.